The quantitative estimate of drug-likeness (QED) is 0.894. The lowest BCUT2D eigenvalue weighted by Gasteiger charge is -2.38. The number of rotatable bonds is 3. The van der Waals surface area contributed by atoms with Crippen LogP contribution in [-0.4, -0.2) is 51.9 Å². The molecule has 4 rings (SSSR count). The van der Waals surface area contributed by atoms with Crippen LogP contribution in [0.1, 0.15) is 37.3 Å². The van der Waals surface area contributed by atoms with Gasteiger partial charge >= 0.3 is 0 Å². The smallest absolute Gasteiger partial charge is 0.250 e. The van der Waals surface area contributed by atoms with Gasteiger partial charge in [-0.1, -0.05) is 6.07 Å². The molecule has 2 saturated heterocycles. The molecule has 2 aromatic heterocycles. The average Bonchev–Trinajstić information content (AvgIpc) is 2.74. The van der Waals surface area contributed by atoms with Crippen LogP contribution in [0.3, 0.4) is 0 Å². The molecule has 7 heteroatoms. The van der Waals surface area contributed by atoms with Gasteiger partial charge in [0.05, 0.1) is 17.9 Å². The van der Waals surface area contributed by atoms with Gasteiger partial charge in [-0.3, -0.25) is 9.59 Å². The van der Waals surface area contributed by atoms with Crippen molar-refractivity contribution in [1.82, 2.24) is 19.9 Å². The first kappa shape index (κ1) is 17.7. The SMILES string of the molecule is O=C(C1CCCN(c2ccccn2)C1)N1CCC(c2cc(=O)[nH]cn2)CC1. The normalized spacial score (nSPS) is 21.3. The molecular formula is C20H25N5O2. The Morgan fingerprint density at radius 2 is 1.96 bits per heavy atom. The maximum Gasteiger partial charge on any atom is 0.250 e. The topological polar surface area (TPSA) is 82.2 Å². The van der Waals surface area contributed by atoms with Crippen LogP contribution in [0.2, 0.25) is 0 Å². The predicted octanol–water partition coefficient (Wildman–Crippen LogP) is 1.79. The molecule has 1 amide bonds. The van der Waals surface area contributed by atoms with Gasteiger partial charge in [0.25, 0.3) is 5.56 Å². The molecule has 27 heavy (non-hydrogen) atoms. The number of piperidine rings is 2. The summed E-state index contributed by atoms with van der Waals surface area (Å²) in [4.78, 5) is 40.0. The lowest BCUT2D eigenvalue weighted by molar-refractivity contribution is -0.136. The summed E-state index contributed by atoms with van der Waals surface area (Å²) in [6.07, 6.45) is 6.94. The number of H-pyrrole nitrogens is 1. The Labute approximate surface area is 158 Å². The van der Waals surface area contributed by atoms with Gasteiger partial charge in [-0.05, 0) is 37.8 Å². The van der Waals surface area contributed by atoms with E-state index in [1.54, 1.807) is 12.3 Å². The first-order valence-electron chi connectivity index (χ1n) is 9.70. The first-order chi connectivity index (χ1) is 13.2. The maximum atomic E-state index is 13.0. The number of hydrogen-bond donors (Lipinski definition) is 1. The fourth-order valence-corrected chi connectivity index (χ4v) is 4.19. The zero-order valence-electron chi connectivity index (χ0n) is 15.4. The molecule has 7 nitrogen and oxygen atoms in total. The van der Waals surface area contributed by atoms with Gasteiger partial charge in [-0.2, -0.15) is 0 Å². The number of nitrogens with one attached hydrogen (secondary N) is 1. The van der Waals surface area contributed by atoms with Crippen molar-refractivity contribution in [3.05, 3.63) is 52.8 Å². The number of likely N-dealkylation sites (tertiary alicyclic amines) is 1. The fraction of sp³-hybridized carbons (Fsp3) is 0.500. The van der Waals surface area contributed by atoms with E-state index in [-0.39, 0.29) is 23.3 Å². The van der Waals surface area contributed by atoms with Gasteiger partial charge in [0.1, 0.15) is 5.82 Å². The molecule has 2 fully saturated rings. The minimum Gasteiger partial charge on any atom is -0.356 e. The van der Waals surface area contributed by atoms with E-state index in [1.165, 1.54) is 6.33 Å². The average molecular weight is 367 g/mol. The van der Waals surface area contributed by atoms with Crippen molar-refractivity contribution in [3.8, 4) is 0 Å². The number of aromatic nitrogens is 3. The molecule has 2 aromatic rings. The molecule has 0 bridgehead atoms. The monoisotopic (exact) mass is 367 g/mol. The third kappa shape index (κ3) is 4.02. The lowest BCUT2D eigenvalue weighted by Crippen LogP contribution is -2.47. The van der Waals surface area contributed by atoms with E-state index in [0.717, 1.165) is 63.4 Å². The molecular weight excluding hydrogens is 342 g/mol. The molecule has 0 spiro atoms. The summed E-state index contributed by atoms with van der Waals surface area (Å²) in [6, 6.07) is 7.48. The molecule has 142 valence electrons. The largest absolute Gasteiger partial charge is 0.356 e. The third-order valence-corrected chi connectivity index (χ3v) is 5.67. The second kappa shape index (κ2) is 7.90. The van der Waals surface area contributed by atoms with Crippen LogP contribution in [-0.2, 0) is 4.79 Å². The van der Waals surface area contributed by atoms with Crippen LogP contribution in [0.5, 0.6) is 0 Å². The Morgan fingerprint density at radius 1 is 1.11 bits per heavy atom. The Hall–Kier alpha value is -2.70. The van der Waals surface area contributed by atoms with Crippen molar-refractivity contribution in [2.45, 2.75) is 31.6 Å². The summed E-state index contributed by atoms with van der Waals surface area (Å²) in [5.74, 6) is 1.50. The molecule has 0 aliphatic carbocycles. The molecule has 0 saturated carbocycles. The summed E-state index contributed by atoms with van der Waals surface area (Å²) < 4.78 is 0. The number of pyridine rings is 1. The molecule has 0 aromatic carbocycles. The number of hydrogen-bond acceptors (Lipinski definition) is 5. The zero-order chi connectivity index (χ0) is 18.6. The van der Waals surface area contributed by atoms with Crippen LogP contribution in [0.15, 0.2) is 41.6 Å². The van der Waals surface area contributed by atoms with Gasteiger partial charge in [-0.25, -0.2) is 9.97 Å². The number of carbonyl (C=O) groups excluding carboxylic acids is 1. The van der Waals surface area contributed by atoms with Crippen molar-refractivity contribution < 1.29 is 4.79 Å². The minimum absolute atomic E-state index is 0.0370. The maximum absolute atomic E-state index is 13.0. The summed E-state index contributed by atoms with van der Waals surface area (Å²) in [5.41, 5.74) is 0.722. The second-order valence-electron chi connectivity index (χ2n) is 7.41. The van der Waals surface area contributed by atoms with Crippen LogP contribution >= 0.6 is 0 Å². The van der Waals surface area contributed by atoms with Crippen LogP contribution in [0.25, 0.3) is 0 Å². The minimum atomic E-state index is -0.115. The Balaban J connectivity index is 1.35. The van der Waals surface area contributed by atoms with Crippen molar-refractivity contribution in [1.29, 1.82) is 0 Å². The van der Waals surface area contributed by atoms with Crippen molar-refractivity contribution in [3.63, 3.8) is 0 Å². The van der Waals surface area contributed by atoms with Crippen LogP contribution in [0, 0.1) is 5.92 Å². The Kier molecular flexibility index (Phi) is 5.18. The highest BCUT2D eigenvalue weighted by Gasteiger charge is 2.32. The van der Waals surface area contributed by atoms with Gasteiger partial charge in [0.2, 0.25) is 5.91 Å². The van der Waals surface area contributed by atoms with E-state index in [0.29, 0.717) is 0 Å². The van der Waals surface area contributed by atoms with Gasteiger partial charge in [0.15, 0.2) is 0 Å². The molecule has 2 aliphatic heterocycles. The molecule has 2 aliphatic rings. The summed E-state index contributed by atoms with van der Waals surface area (Å²) >= 11 is 0. The number of amides is 1. The van der Waals surface area contributed by atoms with E-state index in [9.17, 15) is 9.59 Å². The molecule has 0 radical (unpaired) electrons. The predicted molar refractivity (Wildman–Crippen MR) is 103 cm³/mol. The number of aromatic amines is 1. The van der Waals surface area contributed by atoms with Gasteiger partial charge in [0, 0.05) is 44.4 Å². The van der Waals surface area contributed by atoms with E-state index in [2.05, 4.69) is 19.9 Å². The summed E-state index contributed by atoms with van der Waals surface area (Å²) in [6.45, 7) is 3.17. The highest BCUT2D eigenvalue weighted by Crippen LogP contribution is 2.28. The van der Waals surface area contributed by atoms with E-state index in [1.807, 2.05) is 23.1 Å². The van der Waals surface area contributed by atoms with E-state index in [4.69, 9.17) is 0 Å². The zero-order valence-corrected chi connectivity index (χ0v) is 15.4. The van der Waals surface area contributed by atoms with Crippen molar-refractivity contribution >= 4 is 11.7 Å². The number of anilines is 1. The Morgan fingerprint density at radius 3 is 2.70 bits per heavy atom. The standard InChI is InChI=1S/C20H25N5O2/c26-19-12-17(22-14-23-19)15-6-10-24(11-7-15)20(27)16-4-3-9-25(13-16)18-5-1-2-8-21-18/h1-2,5,8,12,14-16H,3-4,6-7,9-11,13H2,(H,22,23,26). The number of carbonyl (C=O) groups is 1. The molecule has 1 N–H and O–H groups in total. The van der Waals surface area contributed by atoms with Crippen LogP contribution in [0.4, 0.5) is 5.82 Å². The van der Waals surface area contributed by atoms with Crippen molar-refractivity contribution in [2.24, 2.45) is 5.92 Å². The first-order valence-corrected chi connectivity index (χ1v) is 9.70. The summed E-state index contributed by atoms with van der Waals surface area (Å²) in [7, 11) is 0. The third-order valence-electron chi connectivity index (χ3n) is 5.67. The molecule has 1 atom stereocenters. The highest BCUT2D eigenvalue weighted by atomic mass is 16.2. The van der Waals surface area contributed by atoms with Crippen molar-refractivity contribution in [2.75, 3.05) is 31.1 Å². The highest BCUT2D eigenvalue weighted by molar-refractivity contribution is 5.80. The lowest BCUT2D eigenvalue weighted by atomic mass is 9.91. The number of nitrogens with zero attached hydrogens (tertiary/aromatic N) is 4. The van der Waals surface area contributed by atoms with Gasteiger partial charge < -0.3 is 14.8 Å². The summed E-state index contributed by atoms with van der Waals surface area (Å²) in [5, 5.41) is 0. The Bertz CT molecular complexity index is 830. The van der Waals surface area contributed by atoms with Crippen LogP contribution < -0.4 is 10.5 Å². The molecule has 1 unspecified atom stereocenters. The van der Waals surface area contributed by atoms with E-state index >= 15 is 0 Å². The molecule has 4 heterocycles. The second-order valence-corrected chi connectivity index (χ2v) is 7.41. The van der Waals surface area contributed by atoms with E-state index < -0.39 is 0 Å². The van der Waals surface area contributed by atoms with Gasteiger partial charge in [-0.15, -0.1) is 0 Å². The fourth-order valence-electron chi connectivity index (χ4n) is 4.19.